The standard InChI is InChI=1S/C17H24N2O5/c1-17(2,3)24-16(23)11(14(18)21)7-8-19-9-12-10(15(19)22)5-4-6-13(12)20/h4-5,11,13,20H,6-9H2,1-3H3,(H2,18,21). The van der Waals surface area contributed by atoms with Gasteiger partial charge in [-0.25, -0.2) is 0 Å². The van der Waals surface area contributed by atoms with Crippen molar-refractivity contribution in [2.24, 2.45) is 11.7 Å². The Balaban J connectivity index is 1.99. The van der Waals surface area contributed by atoms with Crippen LogP contribution in [0.2, 0.25) is 0 Å². The molecule has 0 aromatic heterocycles. The van der Waals surface area contributed by atoms with E-state index in [1.807, 2.05) is 0 Å². The summed E-state index contributed by atoms with van der Waals surface area (Å²) in [6.07, 6.45) is 3.40. The van der Waals surface area contributed by atoms with E-state index in [0.29, 0.717) is 24.1 Å². The van der Waals surface area contributed by atoms with Crippen molar-refractivity contribution in [3.8, 4) is 0 Å². The van der Waals surface area contributed by atoms with E-state index in [1.165, 1.54) is 4.90 Å². The fourth-order valence-corrected chi connectivity index (χ4v) is 2.81. The number of esters is 1. The Kier molecular flexibility index (Phi) is 5.13. The summed E-state index contributed by atoms with van der Waals surface area (Å²) in [6.45, 7) is 5.62. The van der Waals surface area contributed by atoms with Crippen molar-refractivity contribution in [2.45, 2.75) is 45.3 Å². The maximum absolute atomic E-state index is 12.3. The fraction of sp³-hybridized carbons (Fsp3) is 0.588. The summed E-state index contributed by atoms with van der Waals surface area (Å²) in [5.41, 5.74) is 5.78. The third-order valence-electron chi connectivity index (χ3n) is 3.99. The van der Waals surface area contributed by atoms with Crippen molar-refractivity contribution in [3.05, 3.63) is 23.3 Å². The van der Waals surface area contributed by atoms with Crippen molar-refractivity contribution >= 4 is 17.8 Å². The molecule has 132 valence electrons. The molecule has 1 aliphatic heterocycles. The summed E-state index contributed by atoms with van der Waals surface area (Å²) in [5, 5.41) is 9.96. The highest BCUT2D eigenvalue weighted by Gasteiger charge is 2.35. The van der Waals surface area contributed by atoms with Gasteiger partial charge in [0, 0.05) is 18.7 Å². The van der Waals surface area contributed by atoms with Gasteiger partial charge in [-0.3, -0.25) is 14.4 Å². The molecule has 0 aromatic rings. The van der Waals surface area contributed by atoms with E-state index in [9.17, 15) is 19.5 Å². The van der Waals surface area contributed by atoms with Crippen molar-refractivity contribution in [1.82, 2.24) is 4.90 Å². The number of hydrogen-bond acceptors (Lipinski definition) is 5. The van der Waals surface area contributed by atoms with Gasteiger partial charge in [0.25, 0.3) is 5.91 Å². The molecule has 0 spiro atoms. The lowest BCUT2D eigenvalue weighted by Crippen LogP contribution is -2.39. The molecule has 1 heterocycles. The van der Waals surface area contributed by atoms with E-state index in [4.69, 9.17) is 10.5 Å². The number of primary amides is 1. The monoisotopic (exact) mass is 336 g/mol. The van der Waals surface area contributed by atoms with Crippen LogP contribution in [0.1, 0.15) is 33.6 Å². The number of carbonyl (C=O) groups is 3. The maximum Gasteiger partial charge on any atom is 0.319 e. The Morgan fingerprint density at radius 2 is 2.12 bits per heavy atom. The zero-order valence-electron chi connectivity index (χ0n) is 14.2. The summed E-state index contributed by atoms with van der Waals surface area (Å²) in [6, 6.07) is 0. The summed E-state index contributed by atoms with van der Waals surface area (Å²) in [7, 11) is 0. The number of nitrogens with zero attached hydrogens (tertiary/aromatic N) is 1. The zero-order valence-corrected chi connectivity index (χ0v) is 14.2. The van der Waals surface area contributed by atoms with Crippen LogP contribution in [0, 0.1) is 5.92 Å². The number of aliphatic hydroxyl groups is 1. The van der Waals surface area contributed by atoms with Crippen molar-refractivity contribution in [3.63, 3.8) is 0 Å². The maximum atomic E-state index is 12.3. The first-order chi connectivity index (χ1) is 11.1. The Hall–Kier alpha value is -2.15. The number of amides is 2. The molecule has 2 rings (SSSR count). The fourth-order valence-electron chi connectivity index (χ4n) is 2.81. The van der Waals surface area contributed by atoms with E-state index in [1.54, 1.807) is 32.9 Å². The van der Waals surface area contributed by atoms with Gasteiger partial charge in [-0.15, -0.1) is 0 Å². The number of aliphatic hydroxyl groups excluding tert-OH is 1. The number of nitrogens with two attached hydrogens (primary N) is 1. The van der Waals surface area contributed by atoms with Crippen LogP contribution in [-0.4, -0.2) is 52.6 Å². The molecule has 7 heteroatoms. The normalized spacial score (nSPS) is 21.8. The number of hydrogen-bond donors (Lipinski definition) is 2. The minimum atomic E-state index is -1.10. The lowest BCUT2D eigenvalue weighted by molar-refractivity contribution is -0.162. The minimum Gasteiger partial charge on any atom is -0.459 e. The Morgan fingerprint density at radius 3 is 2.67 bits per heavy atom. The van der Waals surface area contributed by atoms with E-state index in [2.05, 4.69) is 0 Å². The van der Waals surface area contributed by atoms with Gasteiger partial charge < -0.3 is 20.5 Å². The minimum absolute atomic E-state index is 0.0936. The SMILES string of the molecule is CC(C)(C)OC(=O)C(CCN1CC2=C(C=CCC2O)C1=O)C(N)=O. The van der Waals surface area contributed by atoms with E-state index in [0.717, 1.165) is 0 Å². The third kappa shape index (κ3) is 4.03. The van der Waals surface area contributed by atoms with Crippen LogP contribution >= 0.6 is 0 Å². The zero-order chi connectivity index (χ0) is 18.1. The Morgan fingerprint density at radius 1 is 1.46 bits per heavy atom. The molecule has 1 aliphatic carbocycles. The Bertz CT molecular complexity index is 615. The first kappa shape index (κ1) is 18.2. The predicted octanol–water partition coefficient (Wildman–Crippen LogP) is 0.279. The van der Waals surface area contributed by atoms with Crippen LogP contribution in [-0.2, 0) is 19.1 Å². The second-order valence-corrected chi connectivity index (χ2v) is 7.10. The van der Waals surface area contributed by atoms with Gasteiger partial charge in [0.15, 0.2) is 0 Å². The third-order valence-corrected chi connectivity index (χ3v) is 3.99. The second kappa shape index (κ2) is 6.76. The molecule has 0 aromatic carbocycles. The van der Waals surface area contributed by atoms with Crippen molar-refractivity contribution in [1.29, 1.82) is 0 Å². The van der Waals surface area contributed by atoms with Crippen LogP contribution in [0.4, 0.5) is 0 Å². The lowest BCUT2D eigenvalue weighted by Gasteiger charge is -2.24. The molecule has 2 atom stereocenters. The first-order valence-electron chi connectivity index (χ1n) is 7.99. The number of carbonyl (C=O) groups excluding carboxylic acids is 3. The molecule has 24 heavy (non-hydrogen) atoms. The largest absolute Gasteiger partial charge is 0.459 e. The van der Waals surface area contributed by atoms with Gasteiger partial charge in [-0.1, -0.05) is 12.2 Å². The highest BCUT2D eigenvalue weighted by atomic mass is 16.6. The molecular weight excluding hydrogens is 312 g/mol. The molecule has 7 nitrogen and oxygen atoms in total. The highest BCUT2D eigenvalue weighted by molar-refractivity contribution is 6.00. The quantitative estimate of drug-likeness (QED) is 0.553. The van der Waals surface area contributed by atoms with Crippen LogP contribution in [0.15, 0.2) is 23.3 Å². The van der Waals surface area contributed by atoms with Crippen LogP contribution < -0.4 is 5.73 Å². The molecule has 0 bridgehead atoms. The summed E-state index contributed by atoms with van der Waals surface area (Å²) >= 11 is 0. The van der Waals surface area contributed by atoms with Gasteiger partial charge >= 0.3 is 5.97 Å². The molecule has 2 amide bonds. The van der Waals surface area contributed by atoms with Gasteiger partial charge in [0.05, 0.1) is 6.10 Å². The number of rotatable bonds is 5. The van der Waals surface area contributed by atoms with Crippen molar-refractivity contribution < 1.29 is 24.2 Å². The molecule has 0 saturated heterocycles. The molecule has 0 saturated carbocycles. The van der Waals surface area contributed by atoms with Gasteiger partial charge in [0.1, 0.15) is 11.5 Å². The highest BCUT2D eigenvalue weighted by Crippen LogP contribution is 2.28. The van der Waals surface area contributed by atoms with E-state index in [-0.39, 0.29) is 18.9 Å². The molecular formula is C17H24N2O5. The van der Waals surface area contributed by atoms with Crippen molar-refractivity contribution in [2.75, 3.05) is 13.1 Å². The Labute approximate surface area is 141 Å². The van der Waals surface area contributed by atoms with E-state index < -0.39 is 29.5 Å². The van der Waals surface area contributed by atoms with E-state index >= 15 is 0 Å². The van der Waals surface area contributed by atoms with Gasteiger partial charge in [0.2, 0.25) is 5.91 Å². The van der Waals surface area contributed by atoms with Gasteiger partial charge in [-0.2, -0.15) is 0 Å². The molecule has 3 N–H and O–H groups in total. The molecule has 2 aliphatic rings. The lowest BCUT2D eigenvalue weighted by atomic mass is 9.97. The van der Waals surface area contributed by atoms with Crippen LogP contribution in [0.25, 0.3) is 0 Å². The van der Waals surface area contributed by atoms with Crippen LogP contribution in [0.3, 0.4) is 0 Å². The average Bonchev–Trinajstić information content (AvgIpc) is 2.75. The number of ether oxygens (including phenoxy) is 1. The van der Waals surface area contributed by atoms with Gasteiger partial charge in [-0.05, 0) is 39.2 Å². The topological polar surface area (TPSA) is 110 Å². The predicted molar refractivity (Wildman–Crippen MR) is 86.5 cm³/mol. The summed E-state index contributed by atoms with van der Waals surface area (Å²) in [5.74, 6) is -2.75. The molecule has 2 unspecified atom stereocenters. The summed E-state index contributed by atoms with van der Waals surface area (Å²) < 4.78 is 5.21. The first-order valence-corrected chi connectivity index (χ1v) is 7.99. The average molecular weight is 336 g/mol. The molecule has 0 fully saturated rings. The molecule has 0 radical (unpaired) electrons. The summed E-state index contributed by atoms with van der Waals surface area (Å²) in [4.78, 5) is 37.5. The smallest absolute Gasteiger partial charge is 0.319 e. The van der Waals surface area contributed by atoms with Crippen LogP contribution in [0.5, 0.6) is 0 Å². The second-order valence-electron chi connectivity index (χ2n) is 7.10.